The average molecular weight is 318 g/mol. The molecule has 2 heterocycles. The summed E-state index contributed by atoms with van der Waals surface area (Å²) in [6.07, 6.45) is 3.05. The lowest BCUT2D eigenvalue weighted by Crippen LogP contribution is -2.51. The number of halogens is 1. The average Bonchev–Trinajstić information content (AvgIpc) is 2.87. The predicted molar refractivity (Wildman–Crippen MR) is 82.4 cm³/mol. The number of nitrogens with zero attached hydrogens (tertiary/aromatic N) is 1. The third-order valence-electron chi connectivity index (χ3n) is 3.51. The van der Waals surface area contributed by atoms with Gasteiger partial charge in [-0.1, -0.05) is 0 Å². The van der Waals surface area contributed by atoms with E-state index < -0.39 is 5.91 Å². The minimum Gasteiger partial charge on any atom is -0.366 e. The van der Waals surface area contributed by atoms with Crippen molar-refractivity contribution < 1.29 is 9.59 Å². The maximum absolute atomic E-state index is 12.5. The van der Waals surface area contributed by atoms with Crippen molar-refractivity contribution in [3.05, 3.63) is 21.9 Å². The van der Waals surface area contributed by atoms with Crippen LogP contribution in [0.2, 0.25) is 0 Å². The second-order valence-electron chi connectivity index (χ2n) is 4.98. The van der Waals surface area contributed by atoms with E-state index in [1.165, 1.54) is 11.3 Å². The van der Waals surface area contributed by atoms with Crippen LogP contribution in [0.5, 0.6) is 0 Å². The first-order valence-corrected chi connectivity index (χ1v) is 7.33. The fourth-order valence-electron chi connectivity index (χ4n) is 2.48. The third kappa shape index (κ3) is 3.50. The van der Waals surface area contributed by atoms with E-state index in [9.17, 15) is 9.59 Å². The Morgan fingerprint density at radius 3 is 2.70 bits per heavy atom. The molecule has 1 aliphatic heterocycles. The van der Waals surface area contributed by atoms with Gasteiger partial charge in [0.2, 0.25) is 5.91 Å². The van der Waals surface area contributed by atoms with Crippen LogP contribution in [0.4, 0.5) is 0 Å². The molecule has 1 aromatic heterocycles. The molecule has 5 nitrogen and oxygen atoms in total. The molecule has 0 bridgehead atoms. The monoisotopic (exact) mass is 317 g/mol. The summed E-state index contributed by atoms with van der Waals surface area (Å²) in [6, 6.07) is 1.61. The van der Waals surface area contributed by atoms with Gasteiger partial charge in [0.05, 0.1) is 10.4 Å². The van der Waals surface area contributed by atoms with Crippen molar-refractivity contribution in [1.29, 1.82) is 0 Å². The Labute approximate surface area is 128 Å². The quantitative estimate of drug-likeness (QED) is 0.887. The first-order chi connectivity index (χ1) is 9.00. The van der Waals surface area contributed by atoms with Crippen LogP contribution in [-0.4, -0.2) is 35.3 Å². The number of carbonyl (C=O) groups excluding carboxylic acids is 2. The van der Waals surface area contributed by atoms with Gasteiger partial charge in [-0.3, -0.25) is 9.59 Å². The smallest absolute Gasteiger partial charge is 0.264 e. The molecule has 0 radical (unpaired) electrons. The van der Waals surface area contributed by atoms with E-state index >= 15 is 0 Å². The van der Waals surface area contributed by atoms with Gasteiger partial charge in [0.1, 0.15) is 0 Å². The van der Waals surface area contributed by atoms with Crippen molar-refractivity contribution in [2.45, 2.75) is 38.3 Å². The fraction of sp³-hybridized carbons (Fsp3) is 0.538. The van der Waals surface area contributed by atoms with E-state index in [0.717, 1.165) is 25.8 Å². The van der Waals surface area contributed by atoms with Crippen molar-refractivity contribution in [3.8, 4) is 0 Å². The van der Waals surface area contributed by atoms with Gasteiger partial charge >= 0.3 is 0 Å². The Balaban J connectivity index is 0.00000200. The lowest BCUT2D eigenvalue weighted by atomic mass is 9.97. The van der Waals surface area contributed by atoms with Gasteiger partial charge in [0, 0.05) is 24.0 Å². The number of primary amides is 1. The molecule has 0 spiro atoms. The molecule has 2 unspecified atom stereocenters. The topological polar surface area (TPSA) is 89.4 Å². The molecule has 112 valence electrons. The Morgan fingerprint density at radius 2 is 2.15 bits per heavy atom. The van der Waals surface area contributed by atoms with Gasteiger partial charge in [-0.25, -0.2) is 0 Å². The highest BCUT2D eigenvalue weighted by atomic mass is 35.5. The molecule has 1 aliphatic rings. The highest BCUT2D eigenvalue weighted by Crippen LogP contribution is 2.24. The van der Waals surface area contributed by atoms with Crippen molar-refractivity contribution in [3.63, 3.8) is 0 Å². The largest absolute Gasteiger partial charge is 0.366 e. The first-order valence-electron chi connectivity index (χ1n) is 6.45. The van der Waals surface area contributed by atoms with Crippen LogP contribution >= 0.6 is 23.7 Å². The van der Waals surface area contributed by atoms with Crippen LogP contribution in [0.25, 0.3) is 0 Å². The van der Waals surface area contributed by atoms with Gasteiger partial charge < -0.3 is 16.4 Å². The number of nitrogens with two attached hydrogens (primary N) is 2. The number of likely N-dealkylation sites (tertiary alicyclic amines) is 1. The van der Waals surface area contributed by atoms with Crippen LogP contribution in [0.3, 0.4) is 0 Å². The minimum atomic E-state index is -0.502. The second-order valence-corrected chi connectivity index (χ2v) is 5.90. The Bertz CT molecular complexity index is 490. The van der Waals surface area contributed by atoms with Crippen LogP contribution < -0.4 is 11.5 Å². The zero-order valence-electron chi connectivity index (χ0n) is 11.4. The highest BCUT2D eigenvalue weighted by Gasteiger charge is 2.30. The van der Waals surface area contributed by atoms with Gasteiger partial charge in [-0.15, -0.1) is 23.7 Å². The zero-order valence-corrected chi connectivity index (χ0v) is 13.0. The molecule has 0 aliphatic carbocycles. The molecule has 1 fully saturated rings. The number of hydrogen-bond donors (Lipinski definition) is 2. The van der Waals surface area contributed by atoms with Crippen molar-refractivity contribution >= 4 is 35.6 Å². The van der Waals surface area contributed by atoms with Gasteiger partial charge in [0.25, 0.3) is 5.91 Å². The summed E-state index contributed by atoms with van der Waals surface area (Å²) in [6.45, 7) is 2.66. The van der Waals surface area contributed by atoms with Gasteiger partial charge in [-0.2, -0.15) is 0 Å². The molecule has 0 saturated carbocycles. The summed E-state index contributed by atoms with van der Waals surface area (Å²) in [5.74, 6) is -0.544. The normalized spacial score (nSPS) is 20.1. The lowest BCUT2D eigenvalue weighted by Gasteiger charge is -2.37. The molecule has 2 atom stereocenters. The molecular weight excluding hydrogens is 298 g/mol. The van der Waals surface area contributed by atoms with Crippen LogP contribution in [0.1, 0.15) is 46.2 Å². The van der Waals surface area contributed by atoms with Gasteiger partial charge in [0.15, 0.2) is 0 Å². The summed E-state index contributed by atoms with van der Waals surface area (Å²) in [5, 5.41) is 1.63. The van der Waals surface area contributed by atoms with Crippen molar-refractivity contribution in [1.82, 2.24) is 4.90 Å². The Morgan fingerprint density at radius 1 is 1.45 bits per heavy atom. The van der Waals surface area contributed by atoms with E-state index in [0.29, 0.717) is 10.4 Å². The molecule has 2 rings (SSSR count). The van der Waals surface area contributed by atoms with E-state index in [2.05, 4.69) is 0 Å². The van der Waals surface area contributed by atoms with Gasteiger partial charge in [-0.05, 0) is 32.3 Å². The number of rotatable bonds is 3. The third-order valence-corrected chi connectivity index (χ3v) is 4.43. The number of carbonyl (C=O) groups is 2. The molecule has 7 heteroatoms. The first kappa shape index (κ1) is 16.9. The summed E-state index contributed by atoms with van der Waals surface area (Å²) < 4.78 is 0. The highest BCUT2D eigenvalue weighted by molar-refractivity contribution is 7.12. The van der Waals surface area contributed by atoms with Crippen molar-refractivity contribution in [2.75, 3.05) is 6.54 Å². The molecule has 0 aromatic carbocycles. The Hall–Kier alpha value is -1.11. The van der Waals surface area contributed by atoms with E-state index in [1.54, 1.807) is 11.4 Å². The van der Waals surface area contributed by atoms with Crippen LogP contribution in [-0.2, 0) is 0 Å². The SMILES string of the molecule is CC(N)C1CCCCN1C(=O)c1cc(C(N)=O)cs1.Cl. The molecule has 20 heavy (non-hydrogen) atoms. The minimum absolute atomic E-state index is 0. The van der Waals surface area contributed by atoms with E-state index in [1.807, 2.05) is 11.8 Å². The predicted octanol–water partition coefficient (Wildman–Crippen LogP) is 1.61. The number of piperidine rings is 1. The number of hydrogen-bond acceptors (Lipinski definition) is 4. The fourth-order valence-corrected chi connectivity index (χ4v) is 3.33. The van der Waals surface area contributed by atoms with Crippen LogP contribution in [0, 0.1) is 0 Å². The summed E-state index contributed by atoms with van der Waals surface area (Å²) in [5.41, 5.74) is 11.6. The molecule has 1 aromatic rings. The lowest BCUT2D eigenvalue weighted by molar-refractivity contribution is 0.0589. The Kier molecular flexibility index (Phi) is 5.98. The maximum atomic E-state index is 12.5. The van der Waals surface area contributed by atoms with Crippen LogP contribution in [0.15, 0.2) is 11.4 Å². The summed E-state index contributed by atoms with van der Waals surface area (Å²) >= 11 is 1.26. The second kappa shape index (κ2) is 7.06. The zero-order chi connectivity index (χ0) is 14.0. The van der Waals surface area contributed by atoms with E-state index in [4.69, 9.17) is 11.5 Å². The maximum Gasteiger partial charge on any atom is 0.264 e. The standard InChI is InChI=1S/C13H19N3O2S.ClH/c1-8(14)10-4-2-3-5-16(10)13(18)11-6-9(7-19-11)12(15)17;/h6-8,10H,2-5,14H2,1H3,(H2,15,17);1H. The number of amides is 2. The van der Waals surface area contributed by atoms with Crippen molar-refractivity contribution in [2.24, 2.45) is 11.5 Å². The van der Waals surface area contributed by atoms with E-state index in [-0.39, 0.29) is 30.4 Å². The summed E-state index contributed by atoms with van der Waals surface area (Å²) in [7, 11) is 0. The number of thiophene rings is 1. The summed E-state index contributed by atoms with van der Waals surface area (Å²) in [4.78, 5) is 25.9. The molecule has 4 N–H and O–H groups in total. The molecular formula is C13H20ClN3O2S. The molecule has 1 saturated heterocycles. The molecule has 2 amide bonds.